The normalized spacial score (nSPS) is 12.0. The first-order valence-corrected chi connectivity index (χ1v) is 8.33. The second kappa shape index (κ2) is 6.39. The standard InChI is InChI=1S/C15H20O5S/c1-11-5-7-12(8-6-11)13(16)9-21(18,19)10-14(17)20-15(2,3)4/h5-8H,9-10H2,1-4H3. The molecule has 0 unspecified atom stereocenters. The van der Waals surface area contributed by atoms with E-state index in [0.29, 0.717) is 5.56 Å². The van der Waals surface area contributed by atoms with E-state index >= 15 is 0 Å². The summed E-state index contributed by atoms with van der Waals surface area (Å²) >= 11 is 0. The maximum atomic E-state index is 11.9. The second-order valence-electron chi connectivity index (χ2n) is 5.91. The number of benzene rings is 1. The van der Waals surface area contributed by atoms with Crippen LogP contribution in [0.2, 0.25) is 0 Å². The van der Waals surface area contributed by atoms with Crippen LogP contribution in [0.4, 0.5) is 0 Å². The molecular weight excluding hydrogens is 292 g/mol. The molecule has 0 radical (unpaired) electrons. The Labute approximate surface area is 125 Å². The Balaban J connectivity index is 2.70. The zero-order valence-corrected chi connectivity index (χ0v) is 13.5. The number of carbonyl (C=O) groups excluding carboxylic acids is 2. The molecule has 0 amide bonds. The molecule has 5 nitrogen and oxygen atoms in total. The zero-order valence-electron chi connectivity index (χ0n) is 12.7. The van der Waals surface area contributed by atoms with Crippen molar-refractivity contribution in [3.05, 3.63) is 35.4 Å². The molecule has 6 heteroatoms. The highest BCUT2D eigenvalue weighted by molar-refractivity contribution is 7.92. The lowest BCUT2D eigenvalue weighted by atomic mass is 10.1. The fourth-order valence-electron chi connectivity index (χ4n) is 1.62. The smallest absolute Gasteiger partial charge is 0.321 e. The van der Waals surface area contributed by atoms with Gasteiger partial charge in [-0.2, -0.15) is 0 Å². The highest BCUT2D eigenvalue weighted by Gasteiger charge is 2.25. The van der Waals surface area contributed by atoms with Crippen molar-refractivity contribution < 1.29 is 22.7 Å². The molecule has 21 heavy (non-hydrogen) atoms. The van der Waals surface area contributed by atoms with Gasteiger partial charge in [0.15, 0.2) is 15.6 Å². The minimum Gasteiger partial charge on any atom is -0.459 e. The van der Waals surface area contributed by atoms with Crippen molar-refractivity contribution in [2.75, 3.05) is 11.5 Å². The van der Waals surface area contributed by atoms with Gasteiger partial charge in [-0.25, -0.2) is 8.42 Å². The van der Waals surface area contributed by atoms with Gasteiger partial charge < -0.3 is 4.74 Å². The first-order valence-electron chi connectivity index (χ1n) is 6.51. The van der Waals surface area contributed by atoms with E-state index in [-0.39, 0.29) is 0 Å². The fourth-order valence-corrected chi connectivity index (χ4v) is 2.71. The Morgan fingerprint density at radius 2 is 1.57 bits per heavy atom. The number of Topliss-reactive ketones (excluding diaryl/α,β-unsaturated/α-hetero) is 1. The van der Waals surface area contributed by atoms with Gasteiger partial charge in [-0.05, 0) is 27.7 Å². The van der Waals surface area contributed by atoms with Gasteiger partial charge in [-0.3, -0.25) is 9.59 Å². The Morgan fingerprint density at radius 1 is 1.05 bits per heavy atom. The summed E-state index contributed by atoms with van der Waals surface area (Å²) in [6, 6.07) is 6.60. The van der Waals surface area contributed by atoms with E-state index < -0.39 is 38.7 Å². The molecule has 1 aromatic carbocycles. The number of ether oxygens (including phenoxy) is 1. The highest BCUT2D eigenvalue weighted by Crippen LogP contribution is 2.10. The van der Waals surface area contributed by atoms with Crippen LogP contribution in [0.3, 0.4) is 0 Å². The first-order chi connectivity index (χ1) is 9.48. The molecular formula is C15H20O5S. The zero-order chi connectivity index (χ0) is 16.3. The number of sulfone groups is 1. The van der Waals surface area contributed by atoms with Crippen LogP contribution in [-0.4, -0.2) is 37.3 Å². The summed E-state index contributed by atoms with van der Waals surface area (Å²) in [4.78, 5) is 23.4. The predicted molar refractivity (Wildman–Crippen MR) is 80.0 cm³/mol. The van der Waals surface area contributed by atoms with E-state index in [1.165, 1.54) is 0 Å². The third-order valence-electron chi connectivity index (χ3n) is 2.48. The quantitative estimate of drug-likeness (QED) is 0.613. The molecule has 0 saturated heterocycles. The molecule has 0 aromatic heterocycles. The molecule has 1 aromatic rings. The number of aryl methyl sites for hydroxylation is 1. The van der Waals surface area contributed by atoms with Crippen LogP contribution in [-0.2, 0) is 19.4 Å². The van der Waals surface area contributed by atoms with Gasteiger partial charge >= 0.3 is 5.97 Å². The molecule has 0 heterocycles. The molecule has 0 fully saturated rings. The highest BCUT2D eigenvalue weighted by atomic mass is 32.2. The van der Waals surface area contributed by atoms with Crippen molar-refractivity contribution in [3.8, 4) is 0 Å². The Morgan fingerprint density at radius 3 is 2.05 bits per heavy atom. The minimum atomic E-state index is -3.83. The number of carbonyl (C=O) groups is 2. The lowest BCUT2D eigenvalue weighted by Gasteiger charge is -2.19. The van der Waals surface area contributed by atoms with Crippen LogP contribution in [0, 0.1) is 6.92 Å². The van der Waals surface area contributed by atoms with Gasteiger partial charge in [0, 0.05) is 5.56 Å². The summed E-state index contributed by atoms with van der Waals surface area (Å²) in [5.74, 6) is -2.87. The monoisotopic (exact) mass is 312 g/mol. The molecule has 0 atom stereocenters. The maximum absolute atomic E-state index is 11.9. The van der Waals surface area contributed by atoms with E-state index in [1.54, 1.807) is 45.0 Å². The van der Waals surface area contributed by atoms with Crippen molar-refractivity contribution in [1.29, 1.82) is 0 Å². The van der Waals surface area contributed by atoms with Crippen molar-refractivity contribution in [2.24, 2.45) is 0 Å². The second-order valence-corrected chi connectivity index (χ2v) is 7.97. The van der Waals surface area contributed by atoms with Crippen molar-refractivity contribution in [2.45, 2.75) is 33.3 Å². The van der Waals surface area contributed by atoms with E-state index in [1.807, 2.05) is 6.92 Å². The molecule has 0 spiro atoms. The first kappa shape index (κ1) is 17.4. The number of esters is 1. The topological polar surface area (TPSA) is 77.5 Å². The van der Waals surface area contributed by atoms with E-state index in [0.717, 1.165) is 5.56 Å². The molecule has 0 aliphatic carbocycles. The van der Waals surface area contributed by atoms with Gasteiger partial charge in [0.05, 0.1) is 0 Å². The van der Waals surface area contributed by atoms with Crippen LogP contribution < -0.4 is 0 Å². The van der Waals surface area contributed by atoms with Crippen molar-refractivity contribution >= 4 is 21.6 Å². The molecule has 1 rings (SSSR count). The third kappa shape index (κ3) is 6.53. The number of hydrogen-bond donors (Lipinski definition) is 0. The Kier molecular flexibility index (Phi) is 5.28. The lowest BCUT2D eigenvalue weighted by Crippen LogP contribution is -2.30. The summed E-state index contributed by atoms with van der Waals surface area (Å²) in [7, 11) is -3.83. The Hall–Kier alpha value is -1.69. The summed E-state index contributed by atoms with van der Waals surface area (Å²) < 4.78 is 28.7. The van der Waals surface area contributed by atoms with Crippen LogP contribution >= 0.6 is 0 Å². The van der Waals surface area contributed by atoms with Gasteiger partial charge in [0.1, 0.15) is 17.1 Å². The predicted octanol–water partition coefficient (Wildman–Crippen LogP) is 1.93. The summed E-state index contributed by atoms with van der Waals surface area (Å²) in [6.45, 7) is 6.81. The summed E-state index contributed by atoms with van der Waals surface area (Å²) in [5, 5.41) is 0. The molecule has 0 aliphatic heterocycles. The van der Waals surface area contributed by atoms with Crippen LogP contribution in [0.5, 0.6) is 0 Å². The summed E-state index contributed by atoms with van der Waals surface area (Å²) in [6.07, 6.45) is 0. The van der Waals surface area contributed by atoms with E-state index in [4.69, 9.17) is 4.74 Å². The van der Waals surface area contributed by atoms with Crippen molar-refractivity contribution in [3.63, 3.8) is 0 Å². The van der Waals surface area contributed by atoms with Gasteiger partial charge in [-0.15, -0.1) is 0 Å². The largest absolute Gasteiger partial charge is 0.459 e. The van der Waals surface area contributed by atoms with Crippen LogP contribution in [0.25, 0.3) is 0 Å². The number of ketones is 1. The van der Waals surface area contributed by atoms with Gasteiger partial charge in [-0.1, -0.05) is 29.8 Å². The third-order valence-corrected chi connectivity index (χ3v) is 3.86. The number of hydrogen-bond acceptors (Lipinski definition) is 5. The number of rotatable bonds is 5. The summed E-state index contributed by atoms with van der Waals surface area (Å²) in [5.41, 5.74) is 0.532. The molecule has 116 valence electrons. The molecule has 0 N–H and O–H groups in total. The lowest BCUT2D eigenvalue weighted by molar-refractivity contribution is -0.151. The van der Waals surface area contributed by atoms with E-state index in [9.17, 15) is 18.0 Å². The van der Waals surface area contributed by atoms with E-state index in [2.05, 4.69) is 0 Å². The fraction of sp³-hybridized carbons (Fsp3) is 0.467. The maximum Gasteiger partial charge on any atom is 0.321 e. The Bertz CT molecular complexity index is 621. The average molecular weight is 312 g/mol. The van der Waals surface area contributed by atoms with Crippen LogP contribution in [0.1, 0.15) is 36.7 Å². The van der Waals surface area contributed by atoms with Gasteiger partial charge in [0.2, 0.25) is 0 Å². The molecule has 0 aliphatic rings. The van der Waals surface area contributed by atoms with Crippen LogP contribution in [0.15, 0.2) is 24.3 Å². The van der Waals surface area contributed by atoms with Crippen molar-refractivity contribution in [1.82, 2.24) is 0 Å². The SMILES string of the molecule is Cc1ccc(C(=O)CS(=O)(=O)CC(=O)OC(C)(C)C)cc1. The molecule has 0 bridgehead atoms. The minimum absolute atomic E-state index is 0.313. The average Bonchev–Trinajstić information content (AvgIpc) is 2.24. The van der Waals surface area contributed by atoms with Gasteiger partial charge in [0.25, 0.3) is 0 Å². The molecule has 0 saturated carbocycles.